The lowest BCUT2D eigenvalue weighted by Crippen LogP contribution is -2.23. The highest BCUT2D eigenvalue weighted by Crippen LogP contribution is 2.36. The fourth-order valence-corrected chi connectivity index (χ4v) is 4.18. The number of ether oxygens (including phenoxy) is 1. The topological polar surface area (TPSA) is 55.3 Å². The predicted octanol–water partition coefficient (Wildman–Crippen LogP) is 4.54. The quantitative estimate of drug-likeness (QED) is 0.694. The summed E-state index contributed by atoms with van der Waals surface area (Å²) < 4.78 is 6.06. The minimum Gasteiger partial charge on any atom is -0.438 e. The number of anilines is 1. The average molecular weight is 353 g/mol. The normalized spacial score (nSPS) is 14.5. The van der Waals surface area contributed by atoms with Gasteiger partial charge < -0.3 is 9.64 Å². The van der Waals surface area contributed by atoms with Crippen LogP contribution in [0.2, 0.25) is 0 Å². The standard InChI is InChI=1S/C19H19N3O2S/c1-11-12(2)25-19-17(11)18(20-13(3)21-19)24-15-8-6-14(7-9-15)22-10-4-5-16(22)23/h6-9H,4-5,10H2,1-3H3. The molecule has 25 heavy (non-hydrogen) atoms. The van der Waals surface area contributed by atoms with Gasteiger partial charge in [-0.1, -0.05) is 0 Å². The number of carbonyl (C=O) groups is 1. The second kappa shape index (κ2) is 6.11. The molecular weight excluding hydrogens is 334 g/mol. The van der Waals surface area contributed by atoms with Gasteiger partial charge in [0.15, 0.2) is 0 Å². The molecule has 4 rings (SSSR count). The molecule has 1 fully saturated rings. The summed E-state index contributed by atoms with van der Waals surface area (Å²) >= 11 is 1.66. The molecule has 0 unspecified atom stereocenters. The Kier molecular flexibility index (Phi) is 3.92. The minimum atomic E-state index is 0.186. The van der Waals surface area contributed by atoms with Crippen molar-refractivity contribution in [3.63, 3.8) is 0 Å². The van der Waals surface area contributed by atoms with Gasteiger partial charge in [-0.15, -0.1) is 11.3 Å². The summed E-state index contributed by atoms with van der Waals surface area (Å²) in [5, 5.41) is 0.979. The fraction of sp³-hybridized carbons (Fsp3) is 0.316. The van der Waals surface area contributed by atoms with Crippen molar-refractivity contribution in [1.82, 2.24) is 9.97 Å². The number of carbonyl (C=O) groups excluding carboxylic acids is 1. The summed E-state index contributed by atoms with van der Waals surface area (Å²) in [5.74, 6) is 2.18. The molecule has 1 amide bonds. The van der Waals surface area contributed by atoms with Gasteiger partial charge in [0.1, 0.15) is 16.4 Å². The van der Waals surface area contributed by atoms with Gasteiger partial charge in [-0.2, -0.15) is 4.98 Å². The molecule has 0 atom stereocenters. The van der Waals surface area contributed by atoms with Gasteiger partial charge in [-0.3, -0.25) is 4.79 Å². The summed E-state index contributed by atoms with van der Waals surface area (Å²) in [7, 11) is 0. The number of fused-ring (bicyclic) bond motifs is 1. The van der Waals surface area contributed by atoms with E-state index < -0.39 is 0 Å². The molecule has 0 bridgehead atoms. The largest absolute Gasteiger partial charge is 0.438 e. The van der Waals surface area contributed by atoms with E-state index in [0.717, 1.165) is 34.4 Å². The highest BCUT2D eigenvalue weighted by atomic mass is 32.1. The van der Waals surface area contributed by atoms with E-state index in [1.165, 1.54) is 4.88 Å². The fourth-order valence-electron chi connectivity index (χ4n) is 3.12. The molecule has 3 aromatic rings. The number of hydrogen-bond acceptors (Lipinski definition) is 5. The van der Waals surface area contributed by atoms with Crippen molar-refractivity contribution in [2.75, 3.05) is 11.4 Å². The molecule has 2 aromatic heterocycles. The molecule has 3 heterocycles. The Hall–Kier alpha value is -2.47. The predicted molar refractivity (Wildman–Crippen MR) is 99.7 cm³/mol. The molecule has 0 aliphatic carbocycles. The molecule has 0 radical (unpaired) electrons. The Labute approximate surface area is 150 Å². The number of rotatable bonds is 3. The zero-order chi connectivity index (χ0) is 17.6. The van der Waals surface area contributed by atoms with E-state index in [9.17, 15) is 4.79 Å². The first-order chi connectivity index (χ1) is 12.0. The van der Waals surface area contributed by atoms with Crippen LogP contribution in [-0.2, 0) is 4.79 Å². The Bertz CT molecular complexity index is 963. The van der Waals surface area contributed by atoms with Gasteiger partial charge in [0, 0.05) is 23.5 Å². The third-order valence-electron chi connectivity index (χ3n) is 4.54. The zero-order valence-corrected chi connectivity index (χ0v) is 15.3. The van der Waals surface area contributed by atoms with Crippen LogP contribution in [0.1, 0.15) is 29.1 Å². The van der Waals surface area contributed by atoms with E-state index >= 15 is 0 Å². The lowest BCUT2D eigenvalue weighted by Gasteiger charge is -2.16. The Morgan fingerprint density at radius 1 is 1.12 bits per heavy atom. The average Bonchev–Trinajstić information content (AvgIpc) is 3.12. The number of amides is 1. The van der Waals surface area contributed by atoms with Gasteiger partial charge in [0.25, 0.3) is 0 Å². The molecular formula is C19H19N3O2S. The first-order valence-electron chi connectivity index (χ1n) is 8.35. The van der Waals surface area contributed by atoms with Crippen molar-refractivity contribution in [2.24, 2.45) is 0 Å². The third kappa shape index (κ3) is 2.87. The van der Waals surface area contributed by atoms with E-state index in [-0.39, 0.29) is 5.91 Å². The van der Waals surface area contributed by atoms with E-state index in [2.05, 4.69) is 23.8 Å². The molecule has 1 saturated heterocycles. The van der Waals surface area contributed by atoms with Crippen molar-refractivity contribution >= 4 is 33.1 Å². The van der Waals surface area contributed by atoms with Crippen LogP contribution in [0.5, 0.6) is 11.6 Å². The van der Waals surface area contributed by atoms with Gasteiger partial charge in [0.2, 0.25) is 11.8 Å². The van der Waals surface area contributed by atoms with Crippen molar-refractivity contribution in [3.05, 3.63) is 40.5 Å². The van der Waals surface area contributed by atoms with E-state index in [1.54, 1.807) is 11.3 Å². The summed E-state index contributed by atoms with van der Waals surface area (Å²) in [6, 6.07) is 7.63. The maximum Gasteiger partial charge on any atom is 0.231 e. The highest BCUT2D eigenvalue weighted by molar-refractivity contribution is 7.18. The Balaban J connectivity index is 1.66. The summed E-state index contributed by atoms with van der Waals surface area (Å²) in [4.78, 5) is 24.9. The van der Waals surface area contributed by atoms with Crippen LogP contribution in [0, 0.1) is 20.8 Å². The smallest absolute Gasteiger partial charge is 0.231 e. The Morgan fingerprint density at radius 2 is 1.88 bits per heavy atom. The molecule has 1 aliphatic rings. The second-order valence-corrected chi connectivity index (χ2v) is 7.49. The molecule has 0 spiro atoms. The van der Waals surface area contributed by atoms with E-state index in [1.807, 2.05) is 36.1 Å². The van der Waals surface area contributed by atoms with Crippen molar-refractivity contribution in [2.45, 2.75) is 33.6 Å². The van der Waals surface area contributed by atoms with E-state index in [4.69, 9.17) is 4.74 Å². The van der Waals surface area contributed by atoms with Gasteiger partial charge in [-0.25, -0.2) is 4.98 Å². The van der Waals surface area contributed by atoms with Crippen LogP contribution >= 0.6 is 11.3 Å². The van der Waals surface area contributed by atoms with Crippen LogP contribution in [0.4, 0.5) is 5.69 Å². The summed E-state index contributed by atoms with van der Waals surface area (Å²) in [6.07, 6.45) is 1.55. The lowest BCUT2D eigenvalue weighted by atomic mass is 10.2. The number of thiophene rings is 1. The minimum absolute atomic E-state index is 0.186. The molecule has 0 N–H and O–H groups in total. The van der Waals surface area contributed by atoms with Gasteiger partial charge in [-0.05, 0) is 57.0 Å². The van der Waals surface area contributed by atoms with Gasteiger partial charge >= 0.3 is 0 Å². The van der Waals surface area contributed by atoms with E-state index in [0.29, 0.717) is 23.9 Å². The van der Waals surface area contributed by atoms with Crippen LogP contribution in [0.3, 0.4) is 0 Å². The van der Waals surface area contributed by atoms with Crippen molar-refractivity contribution < 1.29 is 9.53 Å². The number of benzene rings is 1. The lowest BCUT2D eigenvalue weighted by molar-refractivity contribution is -0.117. The molecule has 5 nitrogen and oxygen atoms in total. The zero-order valence-electron chi connectivity index (χ0n) is 14.5. The molecule has 128 valence electrons. The molecule has 1 aromatic carbocycles. The maximum atomic E-state index is 11.9. The highest BCUT2D eigenvalue weighted by Gasteiger charge is 2.21. The Morgan fingerprint density at radius 3 is 2.56 bits per heavy atom. The number of nitrogens with zero attached hydrogens (tertiary/aromatic N) is 3. The second-order valence-electron chi connectivity index (χ2n) is 6.28. The first-order valence-corrected chi connectivity index (χ1v) is 9.17. The molecule has 0 saturated carbocycles. The molecule has 1 aliphatic heterocycles. The third-order valence-corrected chi connectivity index (χ3v) is 5.64. The SMILES string of the molecule is Cc1nc(Oc2ccc(N3CCCC3=O)cc2)c2c(C)c(C)sc2n1. The van der Waals surface area contributed by atoms with Crippen LogP contribution < -0.4 is 9.64 Å². The first kappa shape index (κ1) is 16.0. The molecule has 6 heteroatoms. The summed E-state index contributed by atoms with van der Waals surface area (Å²) in [5.41, 5.74) is 2.08. The van der Waals surface area contributed by atoms with Crippen LogP contribution in [0.25, 0.3) is 10.2 Å². The van der Waals surface area contributed by atoms with Crippen LogP contribution in [0.15, 0.2) is 24.3 Å². The summed E-state index contributed by atoms with van der Waals surface area (Å²) in [6.45, 7) is 6.82. The number of aromatic nitrogens is 2. The van der Waals surface area contributed by atoms with Gasteiger partial charge in [0.05, 0.1) is 5.39 Å². The number of aryl methyl sites for hydroxylation is 3. The monoisotopic (exact) mass is 353 g/mol. The number of hydrogen-bond donors (Lipinski definition) is 0. The van der Waals surface area contributed by atoms with Crippen molar-refractivity contribution in [3.8, 4) is 11.6 Å². The van der Waals surface area contributed by atoms with Crippen molar-refractivity contribution in [1.29, 1.82) is 0 Å². The van der Waals surface area contributed by atoms with Crippen LogP contribution in [-0.4, -0.2) is 22.4 Å². The maximum absolute atomic E-state index is 11.9.